The molecule has 5 atom stereocenters. The van der Waals surface area contributed by atoms with Crippen molar-refractivity contribution >= 4 is 11.8 Å². The minimum Gasteiger partial charge on any atom is -0.392 e. The van der Waals surface area contributed by atoms with Crippen LogP contribution in [0, 0.1) is 0 Å². The molecule has 5 N–H and O–H groups in total. The predicted octanol–water partition coefficient (Wildman–Crippen LogP) is 6.91. The number of carbonyl (C=O) groups excluding carboxylic acids is 2. The van der Waals surface area contributed by atoms with Gasteiger partial charge in [-0.25, -0.2) is 5.48 Å². The topological polar surface area (TPSA) is 141 Å². The number of carbonyl (C=O) groups is 2. The number of benzene rings is 4. The largest absolute Gasteiger partial charge is 0.392 e. The van der Waals surface area contributed by atoms with Gasteiger partial charge in [-0.3, -0.25) is 19.7 Å². The van der Waals surface area contributed by atoms with E-state index in [-0.39, 0.29) is 43.1 Å². The van der Waals surface area contributed by atoms with Gasteiger partial charge in [-0.2, -0.15) is 0 Å². The molecule has 0 bridgehead atoms. The van der Waals surface area contributed by atoms with Crippen molar-refractivity contribution < 1.29 is 34.5 Å². The second-order valence-electron chi connectivity index (χ2n) is 13.9. The van der Waals surface area contributed by atoms with Crippen molar-refractivity contribution in [1.29, 1.82) is 0 Å². The summed E-state index contributed by atoms with van der Waals surface area (Å²) in [4.78, 5) is 25.8. The fraction of sp³-hybridized carbons (Fsp3) is 0.395. The Morgan fingerprint density at radius 2 is 1.47 bits per heavy atom. The summed E-state index contributed by atoms with van der Waals surface area (Å²) in [5, 5.41) is 32.3. The molecule has 2 amide bonds. The Kier molecular flexibility index (Phi) is 15.1. The molecule has 0 spiro atoms. The molecule has 1 fully saturated rings. The maximum Gasteiger partial charge on any atom is 0.243 e. The van der Waals surface area contributed by atoms with E-state index in [2.05, 4.69) is 28.4 Å². The first kappa shape index (κ1) is 39.8. The van der Waals surface area contributed by atoms with Crippen molar-refractivity contribution in [2.24, 2.45) is 0 Å². The summed E-state index contributed by atoms with van der Waals surface area (Å²) in [6.45, 7) is 3.01. The van der Waals surface area contributed by atoms with E-state index in [4.69, 9.17) is 14.7 Å². The minimum absolute atomic E-state index is 0.0122. The van der Waals surface area contributed by atoms with Crippen LogP contribution >= 0.6 is 0 Å². The molecule has 1 aliphatic heterocycles. The Hall–Kier alpha value is -4.42. The van der Waals surface area contributed by atoms with Gasteiger partial charge in [-0.1, -0.05) is 104 Å². The molecule has 53 heavy (non-hydrogen) atoms. The van der Waals surface area contributed by atoms with E-state index >= 15 is 0 Å². The normalized spacial score (nSPS) is 18.3. The molecule has 0 saturated carbocycles. The number of aliphatic hydroxyl groups is 2. The number of likely N-dealkylation sites (N-methyl/N-ethyl adjacent to an activating group) is 1. The van der Waals surface area contributed by atoms with Crippen molar-refractivity contribution in [3.05, 3.63) is 131 Å². The number of ether oxygens (including phenoxy) is 2. The zero-order valence-corrected chi connectivity index (χ0v) is 30.7. The van der Waals surface area contributed by atoms with Crippen LogP contribution in [0.4, 0.5) is 0 Å². The first-order valence-electron chi connectivity index (χ1n) is 18.6. The number of nitrogens with one attached hydrogen (secondary N) is 2. The van der Waals surface area contributed by atoms with Crippen LogP contribution in [0.2, 0.25) is 0 Å². The summed E-state index contributed by atoms with van der Waals surface area (Å²) in [5.74, 6) is -0.399. The van der Waals surface area contributed by atoms with Crippen LogP contribution < -0.4 is 10.8 Å². The molecule has 1 aliphatic rings. The van der Waals surface area contributed by atoms with Crippen LogP contribution in [0.5, 0.6) is 0 Å². The number of rotatable bonds is 18. The Labute approximate surface area is 312 Å². The molecule has 10 heteroatoms. The van der Waals surface area contributed by atoms with Crippen molar-refractivity contribution in [3.8, 4) is 11.1 Å². The van der Waals surface area contributed by atoms with Gasteiger partial charge in [0.25, 0.3) is 0 Å². The molecule has 0 unspecified atom stereocenters. The van der Waals surface area contributed by atoms with Crippen LogP contribution in [0.3, 0.4) is 0 Å². The Morgan fingerprint density at radius 3 is 2.17 bits per heavy atom. The van der Waals surface area contributed by atoms with E-state index < -0.39 is 12.4 Å². The first-order chi connectivity index (χ1) is 25.7. The van der Waals surface area contributed by atoms with Crippen LogP contribution in [0.1, 0.15) is 98.2 Å². The number of hydroxylamine groups is 1. The highest BCUT2D eigenvalue weighted by Gasteiger charge is 2.34. The lowest BCUT2D eigenvalue weighted by Gasteiger charge is -2.39. The lowest BCUT2D eigenvalue weighted by atomic mass is 9.97. The number of hydrogen-bond acceptors (Lipinski definition) is 8. The molecule has 4 aromatic carbocycles. The quantitative estimate of drug-likeness (QED) is 0.0424. The van der Waals surface area contributed by atoms with Crippen LogP contribution in [-0.4, -0.2) is 57.9 Å². The van der Waals surface area contributed by atoms with Crippen LogP contribution in [-0.2, 0) is 32.2 Å². The van der Waals surface area contributed by atoms with Gasteiger partial charge in [0.1, 0.15) is 0 Å². The zero-order valence-electron chi connectivity index (χ0n) is 30.7. The smallest absolute Gasteiger partial charge is 0.243 e. The van der Waals surface area contributed by atoms with E-state index in [9.17, 15) is 19.8 Å². The first-order valence-corrected chi connectivity index (χ1v) is 18.6. The van der Waals surface area contributed by atoms with Gasteiger partial charge in [-0.05, 0) is 72.3 Å². The third-order valence-electron chi connectivity index (χ3n) is 9.99. The fourth-order valence-electron chi connectivity index (χ4n) is 6.69. The number of nitrogens with zero attached hydrogens (tertiary/aromatic N) is 1. The second kappa shape index (κ2) is 20.1. The minimum atomic E-state index is -0.648. The molecule has 4 aromatic rings. The van der Waals surface area contributed by atoms with Gasteiger partial charge in [-0.15, -0.1) is 0 Å². The van der Waals surface area contributed by atoms with E-state index in [0.717, 1.165) is 58.2 Å². The summed E-state index contributed by atoms with van der Waals surface area (Å²) in [6.07, 6.45) is 2.72. The SMILES string of the molecule is C[C@H]([C@@H](O)c1ccccc1)N(C)C[C@H]1C[C@@H](c2ccc(CO)cc2)O[C@@H](c2cccc(-c3cccc(CNC(=O)CCCCCCC(=O)NO)c3)c2)O1. The fourth-order valence-corrected chi connectivity index (χ4v) is 6.69. The lowest BCUT2D eigenvalue weighted by Crippen LogP contribution is -2.43. The molecule has 10 nitrogen and oxygen atoms in total. The standard InChI is InChI=1S/C43H53N3O7/c1-30(42(50)34-13-6-5-7-14-34)46(2)28-38-26-39(33-22-20-31(29-47)21-23-33)53-43(52-38)37-17-11-16-36(25-37)35-15-10-12-32(24-35)27-44-40(48)18-8-3-4-9-19-41(49)45-51/h5-7,10-17,20-25,30,38-39,42-43,47,50-51H,3-4,8-9,18-19,26-29H2,1-2H3,(H,44,48)(H,45,49)/t30-,38-,39+,42-,43+/m1/s1. The molecule has 0 aromatic heterocycles. The average Bonchev–Trinajstić information content (AvgIpc) is 3.21. The van der Waals surface area contributed by atoms with Crippen LogP contribution in [0.25, 0.3) is 11.1 Å². The highest BCUT2D eigenvalue weighted by atomic mass is 16.7. The molecular weight excluding hydrogens is 670 g/mol. The highest BCUT2D eigenvalue weighted by molar-refractivity contribution is 5.76. The molecule has 5 rings (SSSR count). The van der Waals surface area contributed by atoms with Crippen molar-refractivity contribution in [3.63, 3.8) is 0 Å². The number of amides is 2. The van der Waals surface area contributed by atoms with Gasteiger partial charge in [0, 0.05) is 44.0 Å². The van der Waals surface area contributed by atoms with Crippen LogP contribution in [0.15, 0.2) is 103 Å². The monoisotopic (exact) mass is 723 g/mol. The zero-order chi connectivity index (χ0) is 37.6. The summed E-state index contributed by atoms with van der Waals surface area (Å²) in [5.41, 5.74) is 8.25. The number of aliphatic hydroxyl groups excluding tert-OH is 2. The molecule has 1 saturated heterocycles. The number of unbranched alkanes of at least 4 members (excludes halogenated alkanes) is 3. The van der Waals surface area contributed by atoms with Gasteiger partial charge in [0.05, 0.1) is 24.9 Å². The summed E-state index contributed by atoms with van der Waals surface area (Å²) in [7, 11) is 2.01. The molecular formula is C43H53N3O7. The molecule has 0 radical (unpaired) electrons. The Balaban J connectivity index is 1.24. The van der Waals surface area contributed by atoms with Crippen molar-refractivity contribution in [2.75, 3.05) is 13.6 Å². The maximum atomic E-state index is 12.5. The Bertz CT molecular complexity index is 1740. The summed E-state index contributed by atoms with van der Waals surface area (Å²) < 4.78 is 13.3. The van der Waals surface area contributed by atoms with E-state index in [1.807, 2.05) is 98.9 Å². The summed E-state index contributed by atoms with van der Waals surface area (Å²) >= 11 is 0. The Morgan fingerprint density at radius 1 is 0.792 bits per heavy atom. The lowest BCUT2D eigenvalue weighted by molar-refractivity contribution is -0.253. The molecule has 282 valence electrons. The maximum absolute atomic E-state index is 12.5. The van der Waals surface area contributed by atoms with Gasteiger partial charge < -0.3 is 25.0 Å². The van der Waals surface area contributed by atoms with Crippen molar-refractivity contribution in [2.45, 2.75) is 95.7 Å². The average molecular weight is 724 g/mol. The highest BCUT2D eigenvalue weighted by Crippen LogP contribution is 2.39. The number of hydrogen-bond donors (Lipinski definition) is 5. The van der Waals surface area contributed by atoms with Crippen molar-refractivity contribution in [1.82, 2.24) is 15.7 Å². The van der Waals surface area contributed by atoms with E-state index in [1.54, 1.807) is 5.48 Å². The second-order valence-corrected chi connectivity index (χ2v) is 13.9. The summed E-state index contributed by atoms with van der Waals surface area (Å²) in [6, 6.07) is 33.7. The van der Waals surface area contributed by atoms with Gasteiger partial charge in [0.2, 0.25) is 11.8 Å². The van der Waals surface area contributed by atoms with E-state index in [0.29, 0.717) is 32.4 Å². The molecule has 1 heterocycles. The van der Waals surface area contributed by atoms with Gasteiger partial charge in [0.15, 0.2) is 6.29 Å². The third-order valence-corrected chi connectivity index (χ3v) is 9.99. The van der Waals surface area contributed by atoms with E-state index in [1.165, 1.54) is 0 Å². The molecule has 0 aliphatic carbocycles. The third kappa shape index (κ3) is 11.8. The van der Waals surface area contributed by atoms with Gasteiger partial charge >= 0.3 is 0 Å². The predicted molar refractivity (Wildman–Crippen MR) is 203 cm³/mol.